The summed E-state index contributed by atoms with van der Waals surface area (Å²) in [7, 11) is 0. The zero-order chi connectivity index (χ0) is 13.4. The van der Waals surface area contributed by atoms with Gasteiger partial charge in [0, 0.05) is 19.2 Å². The molecule has 0 heterocycles. The van der Waals surface area contributed by atoms with Gasteiger partial charge in [0.2, 0.25) is 0 Å². The van der Waals surface area contributed by atoms with Gasteiger partial charge in [-0.15, -0.1) is 0 Å². The summed E-state index contributed by atoms with van der Waals surface area (Å²) in [6, 6.07) is 3.47. The van der Waals surface area contributed by atoms with Crippen molar-refractivity contribution in [2.24, 2.45) is 0 Å². The van der Waals surface area contributed by atoms with Crippen molar-refractivity contribution in [2.75, 3.05) is 25.1 Å². The van der Waals surface area contributed by atoms with Crippen LogP contribution in [0.3, 0.4) is 0 Å². The smallest absolute Gasteiger partial charge is 0.319 e. The average Bonchev–Trinajstić information content (AvgIpc) is 2.33. The van der Waals surface area contributed by atoms with Crippen molar-refractivity contribution in [3.05, 3.63) is 24.0 Å². The van der Waals surface area contributed by atoms with Crippen LogP contribution in [-0.2, 0) is 0 Å². The third kappa shape index (κ3) is 4.58. The quantitative estimate of drug-likeness (QED) is 0.679. The van der Waals surface area contributed by atoms with Gasteiger partial charge in [-0.2, -0.15) is 0 Å². The van der Waals surface area contributed by atoms with E-state index in [0.29, 0.717) is 25.3 Å². The van der Waals surface area contributed by atoms with E-state index in [4.69, 9.17) is 9.84 Å². The van der Waals surface area contributed by atoms with Gasteiger partial charge in [-0.25, -0.2) is 9.18 Å². The van der Waals surface area contributed by atoms with Crippen LogP contribution in [0.5, 0.6) is 5.75 Å². The molecule has 0 aromatic heterocycles. The van der Waals surface area contributed by atoms with E-state index in [1.807, 2.05) is 0 Å². The first-order valence-electron chi connectivity index (χ1n) is 5.75. The fourth-order valence-electron chi connectivity index (χ4n) is 1.32. The first-order chi connectivity index (χ1) is 8.67. The van der Waals surface area contributed by atoms with E-state index in [1.165, 1.54) is 18.2 Å². The van der Waals surface area contributed by atoms with Crippen molar-refractivity contribution in [1.29, 1.82) is 0 Å². The number of ether oxygens (including phenoxy) is 1. The Morgan fingerprint density at radius 1 is 1.50 bits per heavy atom. The molecule has 18 heavy (non-hydrogen) atoms. The molecule has 6 heteroatoms. The largest absolute Gasteiger partial charge is 0.492 e. The predicted molar refractivity (Wildman–Crippen MR) is 66.3 cm³/mol. The lowest BCUT2D eigenvalue weighted by molar-refractivity contribution is 0.248. The number of aliphatic hydroxyl groups excluding tert-OH is 1. The van der Waals surface area contributed by atoms with E-state index in [9.17, 15) is 9.18 Å². The van der Waals surface area contributed by atoms with Gasteiger partial charge in [-0.05, 0) is 25.5 Å². The third-order valence-electron chi connectivity index (χ3n) is 2.11. The highest BCUT2D eigenvalue weighted by molar-refractivity contribution is 5.90. The summed E-state index contributed by atoms with van der Waals surface area (Å²) in [4.78, 5) is 11.5. The van der Waals surface area contributed by atoms with Crippen LogP contribution in [0.2, 0.25) is 0 Å². The van der Waals surface area contributed by atoms with Gasteiger partial charge in [0.15, 0.2) is 0 Å². The lowest BCUT2D eigenvalue weighted by Gasteiger charge is -2.12. The van der Waals surface area contributed by atoms with E-state index in [1.54, 1.807) is 6.92 Å². The molecule has 0 spiro atoms. The normalized spacial score (nSPS) is 9.94. The molecule has 5 nitrogen and oxygen atoms in total. The second-order valence-electron chi connectivity index (χ2n) is 3.53. The van der Waals surface area contributed by atoms with Gasteiger partial charge in [-0.1, -0.05) is 0 Å². The lowest BCUT2D eigenvalue weighted by atomic mass is 10.3. The monoisotopic (exact) mass is 256 g/mol. The molecule has 0 saturated heterocycles. The second-order valence-corrected chi connectivity index (χ2v) is 3.53. The number of hydrogen-bond acceptors (Lipinski definition) is 3. The molecule has 0 aliphatic carbocycles. The molecule has 0 fully saturated rings. The average molecular weight is 256 g/mol. The van der Waals surface area contributed by atoms with Gasteiger partial charge in [0.25, 0.3) is 0 Å². The van der Waals surface area contributed by atoms with Crippen LogP contribution in [0.25, 0.3) is 0 Å². The summed E-state index contributed by atoms with van der Waals surface area (Å²) >= 11 is 0. The number of amides is 2. The molecule has 0 radical (unpaired) electrons. The number of aliphatic hydroxyl groups is 1. The number of benzene rings is 1. The molecule has 0 saturated carbocycles. The summed E-state index contributed by atoms with van der Waals surface area (Å²) in [6.45, 7) is 2.54. The highest BCUT2D eigenvalue weighted by atomic mass is 19.1. The summed E-state index contributed by atoms with van der Waals surface area (Å²) in [5.74, 6) is -0.139. The molecule has 0 unspecified atom stereocenters. The number of anilines is 1. The van der Waals surface area contributed by atoms with Crippen molar-refractivity contribution < 1.29 is 19.0 Å². The highest BCUT2D eigenvalue weighted by Gasteiger charge is 2.08. The molecule has 2 amide bonds. The van der Waals surface area contributed by atoms with Gasteiger partial charge < -0.3 is 20.5 Å². The second kappa shape index (κ2) is 7.50. The molecular weight excluding hydrogens is 239 g/mol. The molecule has 0 aliphatic rings. The Balaban J connectivity index is 2.62. The Labute approximate surface area is 105 Å². The first-order valence-corrected chi connectivity index (χ1v) is 5.75. The van der Waals surface area contributed by atoms with Crippen LogP contribution in [-0.4, -0.2) is 30.9 Å². The Morgan fingerprint density at radius 2 is 2.28 bits per heavy atom. The topological polar surface area (TPSA) is 70.6 Å². The van der Waals surface area contributed by atoms with Crippen LogP contribution in [0.1, 0.15) is 13.3 Å². The van der Waals surface area contributed by atoms with Crippen LogP contribution in [0.15, 0.2) is 18.2 Å². The molecule has 1 aromatic carbocycles. The summed E-state index contributed by atoms with van der Waals surface area (Å²) in [5, 5.41) is 13.7. The van der Waals surface area contributed by atoms with Crippen LogP contribution >= 0.6 is 0 Å². The molecule has 0 aliphatic heterocycles. The number of halogens is 1. The highest BCUT2D eigenvalue weighted by Crippen LogP contribution is 2.25. The summed E-state index contributed by atoms with van der Waals surface area (Å²) in [6.07, 6.45) is 0.481. The summed E-state index contributed by atoms with van der Waals surface area (Å²) < 4.78 is 18.2. The lowest BCUT2D eigenvalue weighted by Crippen LogP contribution is -2.30. The molecule has 0 atom stereocenters. The molecule has 0 bridgehead atoms. The van der Waals surface area contributed by atoms with Gasteiger partial charge in [0.1, 0.15) is 11.6 Å². The number of nitrogens with one attached hydrogen (secondary N) is 2. The van der Waals surface area contributed by atoms with Crippen molar-refractivity contribution in [1.82, 2.24) is 5.32 Å². The van der Waals surface area contributed by atoms with E-state index in [-0.39, 0.29) is 12.4 Å². The summed E-state index contributed by atoms with van der Waals surface area (Å²) in [5.41, 5.74) is 0.403. The predicted octanol–water partition coefficient (Wildman–Crippen LogP) is 1.73. The Morgan fingerprint density at radius 3 is 2.94 bits per heavy atom. The molecule has 3 N–H and O–H groups in total. The SMILES string of the molecule is CCOc1cc(F)ccc1NC(=O)NCCCO. The maximum absolute atomic E-state index is 13.0. The third-order valence-corrected chi connectivity index (χ3v) is 2.11. The molecule has 100 valence electrons. The minimum absolute atomic E-state index is 0.0149. The maximum atomic E-state index is 13.0. The zero-order valence-electron chi connectivity index (χ0n) is 10.2. The molecule has 1 aromatic rings. The standard InChI is InChI=1S/C12H17FN2O3/c1-2-18-11-8-9(13)4-5-10(11)15-12(17)14-6-3-7-16/h4-5,8,16H,2-3,6-7H2,1H3,(H2,14,15,17). The van der Waals surface area contributed by atoms with Gasteiger partial charge >= 0.3 is 6.03 Å². The van der Waals surface area contributed by atoms with Crippen molar-refractivity contribution in [3.63, 3.8) is 0 Å². The number of hydrogen-bond donors (Lipinski definition) is 3. The molecule has 1 rings (SSSR count). The van der Waals surface area contributed by atoms with Crippen molar-refractivity contribution in [3.8, 4) is 5.75 Å². The first kappa shape index (κ1) is 14.2. The van der Waals surface area contributed by atoms with Gasteiger partial charge in [-0.3, -0.25) is 0 Å². The van der Waals surface area contributed by atoms with Crippen LogP contribution in [0.4, 0.5) is 14.9 Å². The number of carbonyl (C=O) groups excluding carboxylic acids is 1. The van der Waals surface area contributed by atoms with Crippen molar-refractivity contribution >= 4 is 11.7 Å². The van der Waals surface area contributed by atoms with E-state index in [0.717, 1.165) is 0 Å². The molecular formula is C12H17FN2O3. The fourth-order valence-corrected chi connectivity index (χ4v) is 1.32. The Bertz CT molecular complexity index is 399. The minimum Gasteiger partial charge on any atom is -0.492 e. The Kier molecular flexibility index (Phi) is 5.93. The maximum Gasteiger partial charge on any atom is 0.319 e. The van der Waals surface area contributed by atoms with Crippen LogP contribution < -0.4 is 15.4 Å². The number of urea groups is 1. The minimum atomic E-state index is -0.426. The zero-order valence-corrected chi connectivity index (χ0v) is 10.2. The van der Waals surface area contributed by atoms with Crippen LogP contribution in [0, 0.1) is 5.82 Å². The van der Waals surface area contributed by atoms with Gasteiger partial charge in [0.05, 0.1) is 12.3 Å². The Hall–Kier alpha value is -1.82. The number of rotatable bonds is 6. The fraction of sp³-hybridized carbons (Fsp3) is 0.417. The van der Waals surface area contributed by atoms with E-state index >= 15 is 0 Å². The van der Waals surface area contributed by atoms with E-state index in [2.05, 4.69) is 10.6 Å². The van der Waals surface area contributed by atoms with Crippen molar-refractivity contribution in [2.45, 2.75) is 13.3 Å². The number of carbonyl (C=O) groups is 1. The van der Waals surface area contributed by atoms with E-state index < -0.39 is 11.8 Å².